The van der Waals surface area contributed by atoms with E-state index in [9.17, 15) is 13.2 Å². The van der Waals surface area contributed by atoms with E-state index in [0.29, 0.717) is 18.8 Å². The van der Waals surface area contributed by atoms with Gasteiger partial charge in [-0.3, -0.25) is 0 Å². The van der Waals surface area contributed by atoms with Gasteiger partial charge in [-0.25, -0.2) is 13.2 Å². The standard InChI is InChI=1S/C15H11BrF3NO/c16-8-1-4-13-9(7-8)11(5-6-21-13)20-12-3-2-10(17)14(18)15(12)19/h1-4,7,11,20H,5-6H2. The van der Waals surface area contributed by atoms with Crippen molar-refractivity contribution in [2.24, 2.45) is 0 Å². The summed E-state index contributed by atoms with van der Waals surface area (Å²) in [6.07, 6.45) is 0.599. The third-order valence-electron chi connectivity index (χ3n) is 3.38. The van der Waals surface area contributed by atoms with Crippen molar-refractivity contribution in [3.05, 3.63) is 57.8 Å². The minimum atomic E-state index is -1.47. The Morgan fingerprint density at radius 1 is 1.10 bits per heavy atom. The van der Waals surface area contributed by atoms with E-state index < -0.39 is 17.5 Å². The molecule has 1 N–H and O–H groups in total. The van der Waals surface area contributed by atoms with E-state index in [1.807, 2.05) is 18.2 Å². The Hall–Kier alpha value is -1.69. The number of anilines is 1. The average molecular weight is 358 g/mol. The summed E-state index contributed by atoms with van der Waals surface area (Å²) < 4.78 is 46.4. The first-order valence-electron chi connectivity index (χ1n) is 6.38. The largest absolute Gasteiger partial charge is 0.493 e. The Kier molecular flexibility index (Phi) is 3.80. The summed E-state index contributed by atoms with van der Waals surface area (Å²) in [5, 5.41) is 2.92. The molecule has 3 rings (SSSR count). The van der Waals surface area contributed by atoms with Gasteiger partial charge in [0, 0.05) is 16.5 Å². The maximum absolute atomic E-state index is 13.8. The smallest absolute Gasteiger partial charge is 0.196 e. The van der Waals surface area contributed by atoms with E-state index in [4.69, 9.17) is 4.74 Å². The summed E-state index contributed by atoms with van der Waals surface area (Å²) in [5.41, 5.74) is 0.784. The van der Waals surface area contributed by atoms with Gasteiger partial charge in [-0.05, 0) is 30.3 Å². The van der Waals surface area contributed by atoms with Crippen LogP contribution in [0.5, 0.6) is 5.75 Å². The molecule has 0 fully saturated rings. The van der Waals surface area contributed by atoms with E-state index in [0.717, 1.165) is 16.1 Å². The monoisotopic (exact) mass is 357 g/mol. The molecule has 1 heterocycles. The average Bonchev–Trinajstić information content (AvgIpc) is 2.48. The number of halogens is 4. The van der Waals surface area contributed by atoms with Crippen molar-refractivity contribution < 1.29 is 17.9 Å². The lowest BCUT2D eigenvalue weighted by atomic mass is 10.00. The molecule has 0 bridgehead atoms. The first-order valence-corrected chi connectivity index (χ1v) is 7.18. The van der Waals surface area contributed by atoms with E-state index >= 15 is 0 Å². The van der Waals surface area contributed by atoms with Crippen LogP contribution in [-0.2, 0) is 0 Å². The van der Waals surface area contributed by atoms with Crippen molar-refractivity contribution in [2.45, 2.75) is 12.5 Å². The molecule has 1 aliphatic rings. The lowest BCUT2D eigenvalue weighted by molar-refractivity contribution is 0.274. The van der Waals surface area contributed by atoms with E-state index in [1.54, 1.807) is 0 Å². The molecule has 1 aliphatic heterocycles. The number of rotatable bonds is 2. The Bertz CT molecular complexity index is 693. The lowest BCUT2D eigenvalue weighted by Gasteiger charge is -2.28. The number of fused-ring (bicyclic) bond motifs is 1. The van der Waals surface area contributed by atoms with Crippen molar-refractivity contribution in [1.29, 1.82) is 0 Å². The first kappa shape index (κ1) is 14.3. The molecule has 2 nitrogen and oxygen atoms in total. The number of nitrogens with one attached hydrogen (secondary N) is 1. The maximum Gasteiger partial charge on any atom is 0.196 e. The molecule has 0 saturated carbocycles. The van der Waals surface area contributed by atoms with Crippen molar-refractivity contribution in [3.63, 3.8) is 0 Å². The fourth-order valence-electron chi connectivity index (χ4n) is 2.34. The zero-order valence-electron chi connectivity index (χ0n) is 10.8. The summed E-state index contributed by atoms with van der Waals surface area (Å²) in [7, 11) is 0. The Labute approximate surface area is 128 Å². The van der Waals surface area contributed by atoms with Gasteiger partial charge in [0.05, 0.1) is 18.3 Å². The van der Waals surface area contributed by atoms with Crippen molar-refractivity contribution in [3.8, 4) is 5.75 Å². The van der Waals surface area contributed by atoms with Gasteiger partial charge in [-0.15, -0.1) is 0 Å². The second-order valence-corrected chi connectivity index (χ2v) is 5.65. The van der Waals surface area contributed by atoms with Crippen molar-refractivity contribution >= 4 is 21.6 Å². The SMILES string of the molecule is Fc1ccc(NC2CCOc3ccc(Br)cc32)c(F)c1F. The second kappa shape index (κ2) is 5.60. The molecule has 0 aromatic heterocycles. The minimum absolute atomic E-state index is 0.0632. The molecule has 0 amide bonds. The maximum atomic E-state index is 13.8. The highest BCUT2D eigenvalue weighted by molar-refractivity contribution is 9.10. The topological polar surface area (TPSA) is 21.3 Å². The molecule has 1 atom stereocenters. The molecule has 0 radical (unpaired) electrons. The number of hydrogen-bond donors (Lipinski definition) is 1. The van der Waals surface area contributed by atoms with Gasteiger partial charge in [-0.2, -0.15) is 0 Å². The summed E-state index contributed by atoms with van der Waals surface area (Å²) in [4.78, 5) is 0. The summed E-state index contributed by atoms with van der Waals surface area (Å²) in [6, 6.07) is 7.40. The van der Waals surface area contributed by atoms with Crippen LogP contribution in [0.4, 0.5) is 18.9 Å². The normalized spacial score (nSPS) is 17.0. The summed E-state index contributed by atoms with van der Waals surface area (Å²) in [6.45, 7) is 0.470. The van der Waals surface area contributed by atoms with Gasteiger partial charge < -0.3 is 10.1 Å². The quantitative estimate of drug-likeness (QED) is 0.779. The third-order valence-corrected chi connectivity index (χ3v) is 3.87. The molecule has 0 spiro atoms. The van der Waals surface area contributed by atoms with E-state index in [-0.39, 0.29) is 11.7 Å². The number of ether oxygens (including phenoxy) is 1. The predicted molar refractivity (Wildman–Crippen MR) is 76.9 cm³/mol. The van der Waals surface area contributed by atoms with Crippen LogP contribution >= 0.6 is 15.9 Å². The summed E-state index contributed by atoms with van der Waals surface area (Å²) >= 11 is 3.37. The van der Waals surface area contributed by atoms with Crippen LogP contribution in [0.2, 0.25) is 0 Å². The van der Waals surface area contributed by atoms with Gasteiger partial charge in [0.15, 0.2) is 17.5 Å². The van der Waals surface area contributed by atoms with Crippen LogP contribution in [-0.4, -0.2) is 6.61 Å². The van der Waals surface area contributed by atoms with Gasteiger partial charge in [0.1, 0.15) is 5.75 Å². The summed E-state index contributed by atoms with van der Waals surface area (Å²) in [5.74, 6) is -3.18. The van der Waals surface area contributed by atoms with E-state index in [2.05, 4.69) is 21.2 Å². The molecule has 0 saturated heterocycles. The molecule has 2 aromatic carbocycles. The predicted octanol–water partition coefficient (Wildman–Crippen LogP) is 4.80. The number of hydrogen-bond acceptors (Lipinski definition) is 2. The van der Waals surface area contributed by atoms with Crippen LogP contribution < -0.4 is 10.1 Å². The molecular weight excluding hydrogens is 347 g/mol. The molecule has 2 aromatic rings. The van der Waals surface area contributed by atoms with Gasteiger partial charge in [0.25, 0.3) is 0 Å². The Balaban J connectivity index is 1.94. The fourth-order valence-corrected chi connectivity index (χ4v) is 2.72. The van der Waals surface area contributed by atoms with Crippen LogP contribution in [0.25, 0.3) is 0 Å². The lowest BCUT2D eigenvalue weighted by Crippen LogP contribution is -2.21. The molecule has 21 heavy (non-hydrogen) atoms. The van der Waals surface area contributed by atoms with E-state index in [1.165, 1.54) is 6.07 Å². The molecule has 110 valence electrons. The Morgan fingerprint density at radius 3 is 2.71 bits per heavy atom. The van der Waals surface area contributed by atoms with Gasteiger partial charge in [-0.1, -0.05) is 15.9 Å². The zero-order valence-corrected chi connectivity index (χ0v) is 12.4. The highest BCUT2D eigenvalue weighted by Gasteiger charge is 2.23. The third kappa shape index (κ3) is 2.72. The zero-order chi connectivity index (χ0) is 15.0. The fraction of sp³-hybridized carbons (Fsp3) is 0.200. The Morgan fingerprint density at radius 2 is 1.90 bits per heavy atom. The highest BCUT2D eigenvalue weighted by atomic mass is 79.9. The van der Waals surface area contributed by atoms with Crippen molar-refractivity contribution in [1.82, 2.24) is 0 Å². The van der Waals surface area contributed by atoms with Crippen LogP contribution in [0.1, 0.15) is 18.0 Å². The molecular formula is C15H11BrF3NO. The van der Waals surface area contributed by atoms with Crippen LogP contribution in [0.3, 0.4) is 0 Å². The highest BCUT2D eigenvalue weighted by Crippen LogP contribution is 2.36. The van der Waals surface area contributed by atoms with Gasteiger partial charge >= 0.3 is 0 Å². The molecule has 1 unspecified atom stereocenters. The molecule has 6 heteroatoms. The van der Waals surface area contributed by atoms with Crippen LogP contribution in [0.15, 0.2) is 34.8 Å². The van der Waals surface area contributed by atoms with Crippen LogP contribution in [0, 0.1) is 17.5 Å². The van der Waals surface area contributed by atoms with Crippen molar-refractivity contribution in [2.75, 3.05) is 11.9 Å². The van der Waals surface area contributed by atoms with Gasteiger partial charge in [0.2, 0.25) is 0 Å². The molecule has 0 aliphatic carbocycles. The second-order valence-electron chi connectivity index (χ2n) is 4.74. The minimum Gasteiger partial charge on any atom is -0.493 e. The number of benzene rings is 2. The first-order chi connectivity index (χ1) is 10.1.